The molecule has 3 heterocycles. The zero-order valence-corrected chi connectivity index (χ0v) is 14.5. The molecule has 1 aliphatic heterocycles. The molecule has 7 nitrogen and oxygen atoms in total. The van der Waals surface area contributed by atoms with E-state index in [4.69, 9.17) is 10.5 Å². The monoisotopic (exact) mass is 362 g/mol. The Morgan fingerprint density at radius 3 is 2.70 bits per heavy atom. The lowest BCUT2D eigenvalue weighted by molar-refractivity contribution is -0.0246. The lowest BCUT2D eigenvalue weighted by atomic mass is 10.0. The van der Waals surface area contributed by atoms with E-state index in [-0.39, 0.29) is 5.91 Å². The van der Waals surface area contributed by atoms with Gasteiger partial charge in [-0.25, -0.2) is 4.98 Å². The maximum absolute atomic E-state index is 12.7. The highest BCUT2D eigenvalue weighted by Gasteiger charge is 2.28. The molecule has 7 heteroatoms. The van der Waals surface area contributed by atoms with Crippen molar-refractivity contribution in [3.8, 4) is 0 Å². The Morgan fingerprint density at radius 2 is 1.93 bits per heavy atom. The first kappa shape index (κ1) is 17.1. The van der Waals surface area contributed by atoms with E-state index < -0.39 is 12.0 Å². The van der Waals surface area contributed by atoms with E-state index in [0.717, 1.165) is 0 Å². The normalized spacial score (nSPS) is 17.0. The van der Waals surface area contributed by atoms with Crippen LogP contribution in [0.4, 0.5) is 0 Å². The van der Waals surface area contributed by atoms with Crippen molar-refractivity contribution in [3.05, 3.63) is 71.7 Å². The molecule has 0 aliphatic carbocycles. The van der Waals surface area contributed by atoms with Gasteiger partial charge in [-0.3, -0.25) is 14.6 Å². The predicted octanol–water partition coefficient (Wildman–Crippen LogP) is 1.94. The zero-order chi connectivity index (χ0) is 18.8. The summed E-state index contributed by atoms with van der Waals surface area (Å²) in [6.07, 6.45) is 2.76. The first-order valence-corrected chi connectivity index (χ1v) is 8.64. The Balaban J connectivity index is 1.65. The molecule has 1 atom stereocenters. The topological polar surface area (TPSA) is 98.4 Å². The Morgan fingerprint density at radius 1 is 1.15 bits per heavy atom. The highest BCUT2D eigenvalue weighted by Crippen LogP contribution is 2.26. The number of carbonyl (C=O) groups excluding carboxylic acids is 2. The first-order valence-electron chi connectivity index (χ1n) is 8.64. The van der Waals surface area contributed by atoms with Gasteiger partial charge in [-0.1, -0.05) is 18.2 Å². The van der Waals surface area contributed by atoms with Gasteiger partial charge in [-0.15, -0.1) is 0 Å². The average molecular weight is 362 g/mol. The van der Waals surface area contributed by atoms with E-state index in [2.05, 4.69) is 9.97 Å². The van der Waals surface area contributed by atoms with Crippen molar-refractivity contribution in [2.75, 3.05) is 19.7 Å². The number of amides is 2. The summed E-state index contributed by atoms with van der Waals surface area (Å²) in [6.45, 7) is 1.24. The van der Waals surface area contributed by atoms with Gasteiger partial charge in [0.15, 0.2) is 0 Å². The molecule has 1 aromatic carbocycles. The van der Waals surface area contributed by atoms with Gasteiger partial charge in [-0.2, -0.15) is 0 Å². The SMILES string of the molecule is NC(=O)c1cc([C@@H]2CN(C(=O)c3ccncc3)CCO2)nc2ccccc12. The van der Waals surface area contributed by atoms with Gasteiger partial charge < -0.3 is 15.4 Å². The van der Waals surface area contributed by atoms with E-state index in [0.29, 0.717) is 47.4 Å². The Kier molecular flexibility index (Phi) is 4.52. The number of para-hydroxylation sites is 1. The molecule has 2 amide bonds. The Bertz CT molecular complexity index is 1010. The number of pyridine rings is 2. The number of hydrogen-bond donors (Lipinski definition) is 1. The van der Waals surface area contributed by atoms with Crippen LogP contribution in [-0.2, 0) is 4.74 Å². The second-order valence-electron chi connectivity index (χ2n) is 6.32. The summed E-state index contributed by atoms with van der Waals surface area (Å²) < 4.78 is 5.84. The van der Waals surface area contributed by atoms with Crippen LogP contribution in [0.1, 0.15) is 32.5 Å². The lowest BCUT2D eigenvalue weighted by Crippen LogP contribution is -2.42. The molecule has 2 N–H and O–H groups in total. The average Bonchev–Trinajstić information content (AvgIpc) is 2.73. The highest BCUT2D eigenvalue weighted by molar-refractivity contribution is 6.05. The number of aromatic nitrogens is 2. The summed E-state index contributed by atoms with van der Waals surface area (Å²) in [6, 6.07) is 12.4. The molecule has 0 saturated carbocycles. The first-order chi connectivity index (χ1) is 13.1. The van der Waals surface area contributed by atoms with Gasteiger partial charge in [0.25, 0.3) is 5.91 Å². The number of rotatable bonds is 3. The fraction of sp³-hybridized carbons (Fsp3) is 0.200. The molecule has 2 aromatic heterocycles. The van der Waals surface area contributed by atoms with E-state index in [1.54, 1.807) is 35.5 Å². The standard InChI is InChI=1S/C20H18N4O3/c21-19(25)15-11-17(23-16-4-2-1-3-14(15)16)18-12-24(9-10-27-18)20(26)13-5-7-22-8-6-13/h1-8,11,18H,9-10,12H2,(H2,21,25)/t18-/m0/s1. The van der Waals surface area contributed by atoms with Gasteiger partial charge in [0, 0.05) is 29.9 Å². The van der Waals surface area contributed by atoms with Crippen LogP contribution in [0.15, 0.2) is 54.9 Å². The van der Waals surface area contributed by atoms with Gasteiger partial charge in [0.05, 0.1) is 29.9 Å². The third-order valence-electron chi connectivity index (χ3n) is 4.61. The fourth-order valence-electron chi connectivity index (χ4n) is 3.25. The maximum atomic E-state index is 12.7. The molecule has 0 bridgehead atoms. The number of fused-ring (bicyclic) bond motifs is 1. The van der Waals surface area contributed by atoms with Crippen molar-refractivity contribution >= 4 is 22.7 Å². The van der Waals surface area contributed by atoms with Gasteiger partial charge in [-0.05, 0) is 24.3 Å². The molecule has 1 fully saturated rings. The smallest absolute Gasteiger partial charge is 0.254 e. The highest BCUT2D eigenvalue weighted by atomic mass is 16.5. The predicted molar refractivity (Wildman–Crippen MR) is 99.1 cm³/mol. The zero-order valence-electron chi connectivity index (χ0n) is 14.5. The van der Waals surface area contributed by atoms with Crippen LogP contribution >= 0.6 is 0 Å². The minimum Gasteiger partial charge on any atom is -0.368 e. The Labute approximate surface area is 155 Å². The van der Waals surface area contributed by atoms with E-state index in [1.165, 1.54) is 0 Å². The molecule has 0 radical (unpaired) electrons. The number of benzene rings is 1. The van der Waals surface area contributed by atoms with Crippen LogP contribution < -0.4 is 5.73 Å². The largest absolute Gasteiger partial charge is 0.368 e. The summed E-state index contributed by atoms with van der Waals surface area (Å²) in [5.41, 5.74) is 7.79. The number of morpholine rings is 1. The van der Waals surface area contributed by atoms with E-state index in [1.807, 2.05) is 24.3 Å². The molecular formula is C20H18N4O3. The number of carbonyl (C=O) groups is 2. The van der Waals surface area contributed by atoms with Crippen molar-refractivity contribution in [1.82, 2.24) is 14.9 Å². The second kappa shape index (κ2) is 7.13. The minimum atomic E-state index is -0.518. The molecule has 0 unspecified atom stereocenters. The summed E-state index contributed by atoms with van der Waals surface area (Å²) in [4.78, 5) is 34.9. The van der Waals surface area contributed by atoms with Gasteiger partial charge in [0.1, 0.15) is 6.10 Å². The molecular weight excluding hydrogens is 344 g/mol. The summed E-state index contributed by atoms with van der Waals surface area (Å²) in [7, 11) is 0. The number of primary amides is 1. The number of nitrogens with two attached hydrogens (primary N) is 1. The van der Waals surface area contributed by atoms with Crippen LogP contribution in [0.2, 0.25) is 0 Å². The number of ether oxygens (including phenoxy) is 1. The molecule has 27 heavy (non-hydrogen) atoms. The summed E-state index contributed by atoms with van der Waals surface area (Å²) >= 11 is 0. The molecule has 4 rings (SSSR count). The van der Waals surface area contributed by atoms with Crippen molar-refractivity contribution in [2.24, 2.45) is 5.73 Å². The fourth-order valence-corrected chi connectivity index (χ4v) is 3.25. The molecule has 0 spiro atoms. The third kappa shape index (κ3) is 3.37. The maximum Gasteiger partial charge on any atom is 0.254 e. The third-order valence-corrected chi connectivity index (χ3v) is 4.61. The van der Waals surface area contributed by atoms with Crippen LogP contribution in [0.25, 0.3) is 10.9 Å². The molecule has 1 aliphatic rings. The number of hydrogen-bond acceptors (Lipinski definition) is 5. The quantitative estimate of drug-likeness (QED) is 0.768. The van der Waals surface area contributed by atoms with Crippen LogP contribution in [0, 0.1) is 0 Å². The van der Waals surface area contributed by atoms with Crippen molar-refractivity contribution in [3.63, 3.8) is 0 Å². The van der Waals surface area contributed by atoms with Gasteiger partial charge >= 0.3 is 0 Å². The lowest BCUT2D eigenvalue weighted by Gasteiger charge is -2.33. The number of nitrogens with zero attached hydrogens (tertiary/aromatic N) is 3. The van der Waals surface area contributed by atoms with E-state index in [9.17, 15) is 9.59 Å². The van der Waals surface area contributed by atoms with Crippen LogP contribution in [0.3, 0.4) is 0 Å². The second-order valence-corrected chi connectivity index (χ2v) is 6.32. The van der Waals surface area contributed by atoms with Crippen LogP contribution in [-0.4, -0.2) is 46.4 Å². The minimum absolute atomic E-state index is 0.0818. The van der Waals surface area contributed by atoms with Crippen molar-refractivity contribution in [1.29, 1.82) is 0 Å². The summed E-state index contributed by atoms with van der Waals surface area (Å²) in [5, 5.41) is 0.703. The van der Waals surface area contributed by atoms with Crippen molar-refractivity contribution < 1.29 is 14.3 Å². The van der Waals surface area contributed by atoms with Gasteiger partial charge in [0.2, 0.25) is 5.91 Å². The Hall–Kier alpha value is -3.32. The molecule has 136 valence electrons. The summed E-state index contributed by atoms with van der Waals surface area (Å²) in [5.74, 6) is -0.600. The molecule has 1 saturated heterocycles. The van der Waals surface area contributed by atoms with E-state index >= 15 is 0 Å². The van der Waals surface area contributed by atoms with Crippen LogP contribution in [0.5, 0.6) is 0 Å². The van der Waals surface area contributed by atoms with Crippen molar-refractivity contribution in [2.45, 2.75) is 6.10 Å². The molecule has 3 aromatic rings.